The third kappa shape index (κ3) is 3.09. The summed E-state index contributed by atoms with van der Waals surface area (Å²) in [5.74, 6) is 1.42. The number of carbonyl (C=O) groups excluding carboxylic acids is 1. The maximum atomic E-state index is 11.7. The van der Waals surface area contributed by atoms with E-state index in [9.17, 15) is 4.79 Å². The summed E-state index contributed by atoms with van der Waals surface area (Å²) in [4.78, 5) is 17.2. The lowest BCUT2D eigenvalue weighted by atomic mass is 9.93. The standard InChI is InChI=1S/C13H15IN4O2/c1-13(2,3)8-7-11(17-20-8)18(12(15)19)10-6-4-5-9(14)16-10/h4-7H,1-3H3,(H2,15,19). The second-order valence-corrected chi connectivity index (χ2v) is 6.40. The molecule has 2 rings (SSSR count). The largest absolute Gasteiger partial charge is 0.359 e. The van der Waals surface area contributed by atoms with E-state index in [-0.39, 0.29) is 5.41 Å². The number of urea groups is 1. The van der Waals surface area contributed by atoms with E-state index in [1.807, 2.05) is 26.8 Å². The summed E-state index contributed by atoms with van der Waals surface area (Å²) in [5.41, 5.74) is 5.23. The van der Waals surface area contributed by atoms with Gasteiger partial charge in [-0.1, -0.05) is 32.0 Å². The van der Waals surface area contributed by atoms with Gasteiger partial charge in [-0.05, 0) is 34.7 Å². The molecule has 6 nitrogen and oxygen atoms in total. The molecular formula is C13H15IN4O2. The van der Waals surface area contributed by atoms with Crippen LogP contribution in [0.5, 0.6) is 0 Å². The molecule has 0 atom stereocenters. The van der Waals surface area contributed by atoms with Gasteiger partial charge in [-0.15, -0.1) is 0 Å². The predicted molar refractivity (Wildman–Crippen MR) is 83.9 cm³/mol. The zero-order valence-corrected chi connectivity index (χ0v) is 13.6. The van der Waals surface area contributed by atoms with Crippen molar-refractivity contribution in [2.24, 2.45) is 5.73 Å². The highest BCUT2D eigenvalue weighted by Gasteiger charge is 2.25. The highest BCUT2D eigenvalue weighted by Crippen LogP contribution is 2.29. The van der Waals surface area contributed by atoms with Crippen molar-refractivity contribution in [2.75, 3.05) is 4.90 Å². The number of amides is 2. The number of nitrogens with two attached hydrogens (primary N) is 1. The highest BCUT2D eigenvalue weighted by molar-refractivity contribution is 14.1. The molecule has 0 aromatic carbocycles. The number of aromatic nitrogens is 2. The van der Waals surface area contributed by atoms with E-state index in [2.05, 4.69) is 32.7 Å². The van der Waals surface area contributed by atoms with Crippen molar-refractivity contribution < 1.29 is 9.32 Å². The van der Waals surface area contributed by atoms with Gasteiger partial charge in [0, 0.05) is 11.5 Å². The average molecular weight is 386 g/mol. The molecule has 0 aliphatic rings. The molecule has 0 fully saturated rings. The molecule has 0 unspecified atom stereocenters. The number of carbonyl (C=O) groups is 1. The summed E-state index contributed by atoms with van der Waals surface area (Å²) in [5, 5.41) is 3.92. The van der Waals surface area contributed by atoms with Crippen molar-refractivity contribution in [3.63, 3.8) is 0 Å². The maximum absolute atomic E-state index is 11.7. The van der Waals surface area contributed by atoms with Crippen molar-refractivity contribution in [3.8, 4) is 0 Å². The van der Waals surface area contributed by atoms with E-state index in [1.165, 1.54) is 4.90 Å². The van der Waals surface area contributed by atoms with Crippen LogP contribution in [0.2, 0.25) is 0 Å². The number of anilines is 2. The molecule has 0 saturated heterocycles. The van der Waals surface area contributed by atoms with Crippen LogP contribution in [-0.2, 0) is 5.41 Å². The SMILES string of the molecule is CC(C)(C)c1cc(N(C(N)=O)c2cccc(I)n2)no1. The van der Waals surface area contributed by atoms with Gasteiger partial charge in [0.15, 0.2) is 5.82 Å². The van der Waals surface area contributed by atoms with E-state index in [0.717, 1.165) is 3.70 Å². The Morgan fingerprint density at radius 3 is 2.55 bits per heavy atom. The molecule has 0 aliphatic heterocycles. The summed E-state index contributed by atoms with van der Waals surface area (Å²) in [6.07, 6.45) is 0. The fourth-order valence-electron chi connectivity index (χ4n) is 1.59. The molecule has 20 heavy (non-hydrogen) atoms. The highest BCUT2D eigenvalue weighted by atomic mass is 127. The van der Waals surface area contributed by atoms with Gasteiger partial charge in [-0.25, -0.2) is 14.7 Å². The first-order valence-corrected chi connectivity index (χ1v) is 7.06. The Labute approximate surface area is 130 Å². The Morgan fingerprint density at radius 2 is 2.05 bits per heavy atom. The molecule has 2 heterocycles. The second kappa shape index (κ2) is 5.39. The lowest BCUT2D eigenvalue weighted by molar-refractivity contribution is 0.255. The number of rotatable bonds is 2. The number of hydrogen-bond acceptors (Lipinski definition) is 4. The van der Waals surface area contributed by atoms with Gasteiger partial charge in [0.1, 0.15) is 15.3 Å². The van der Waals surface area contributed by atoms with E-state index in [1.54, 1.807) is 18.2 Å². The number of pyridine rings is 1. The van der Waals surface area contributed by atoms with Gasteiger partial charge in [0.05, 0.1) is 0 Å². The molecule has 2 N–H and O–H groups in total. The van der Waals surface area contributed by atoms with Gasteiger partial charge >= 0.3 is 6.03 Å². The minimum atomic E-state index is -0.659. The molecular weight excluding hydrogens is 371 g/mol. The van der Waals surface area contributed by atoms with Crippen molar-refractivity contribution in [2.45, 2.75) is 26.2 Å². The van der Waals surface area contributed by atoms with E-state index >= 15 is 0 Å². The molecule has 0 spiro atoms. The normalized spacial score (nSPS) is 11.4. The van der Waals surface area contributed by atoms with Gasteiger partial charge in [0.2, 0.25) is 0 Å². The Bertz CT molecular complexity index is 633. The number of halogens is 1. The molecule has 2 aromatic rings. The van der Waals surface area contributed by atoms with Gasteiger partial charge < -0.3 is 10.3 Å². The predicted octanol–water partition coefficient (Wildman–Crippen LogP) is 3.19. The molecule has 0 radical (unpaired) electrons. The fraction of sp³-hybridized carbons (Fsp3) is 0.308. The van der Waals surface area contributed by atoms with Crippen LogP contribution in [0.25, 0.3) is 0 Å². The average Bonchev–Trinajstić information content (AvgIpc) is 2.77. The molecule has 0 bridgehead atoms. The summed E-state index contributed by atoms with van der Waals surface area (Å²) in [6.45, 7) is 5.99. The Balaban J connectivity index is 2.44. The van der Waals surface area contributed by atoms with Crippen LogP contribution in [0, 0.1) is 3.70 Å². The van der Waals surface area contributed by atoms with Gasteiger partial charge in [-0.2, -0.15) is 0 Å². The number of hydrogen-bond donors (Lipinski definition) is 1. The minimum absolute atomic E-state index is 0.201. The zero-order chi connectivity index (χ0) is 14.9. The lowest BCUT2D eigenvalue weighted by Crippen LogP contribution is -2.32. The first kappa shape index (κ1) is 14.8. The summed E-state index contributed by atoms with van der Waals surface area (Å²) < 4.78 is 6.04. The van der Waals surface area contributed by atoms with Crippen LogP contribution in [0.3, 0.4) is 0 Å². The zero-order valence-electron chi connectivity index (χ0n) is 11.4. The molecule has 7 heteroatoms. The van der Waals surface area contributed by atoms with Gasteiger partial charge in [0.25, 0.3) is 0 Å². The van der Waals surface area contributed by atoms with Crippen LogP contribution in [0.15, 0.2) is 28.8 Å². The third-order valence-corrected chi connectivity index (χ3v) is 3.22. The van der Waals surface area contributed by atoms with Crippen LogP contribution in [0.1, 0.15) is 26.5 Å². The molecule has 106 valence electrons. The lowest BCUT2D eigenvalue weighted by Gasteiger charge is -2.16. The monoisotopic (exact) mass is 386 g/mol. The van der Waals surface area contributed by atoms with Crippen molar-refractivity contribution in [1.82, 2.24) is 10.1 Å². The fourth-order valence-corrected chi connectivity index (χ4v) is 2.04. The Morgan fingerprint density at radius 1 is 1.35 bits per heavy atom. The van der Waals surface area contributed by atoms with Crippen molar-refractivity contribution in [3.05, 3.63) is 33.7 Å². The first-order chi connectivity index (χ1) is 9.29. The van der Waals surface area contributed by atoms with Crippen molar-refractivity contribution >= 4 is 40.3 Å². The molecule has 0 aliphatic carbocycles. The summed E-state index contributed by atoms with van der Waals surface area (Å²) in [6, 6.07) is 6.36. The van der Waals surface area contributed by atoms with Crippen LogP contribution >= 0.6 is 22.6 Å². The Kier molecular flexibility index (Phi) is 3.98. The molecule has 2 amide bonds. The quantitative estimate of drug-likeness (QED) is 0.635. The van der Waals surface area contributed by atoms with E-state index in [0.29, 0.717) is 17.4 Å². The minimum Gasteiger partial charge on any atom is -0.359 e. The summed E-state index contributed by atoms with van der Waals surface area (Å²) >= 11 is 2.07. The maximum Gasteiger partial charge on any atom is 0.326 e. The van der Waals surface area contributed by atoms with E-state index < -0.39 is 6.03 Å². The Hall–Kier alpha value is -1.64. The van der Waals surface area contributed by atoms with E-state index in [4.69, 9.17) is 10.3 Å². The van der Waals surface area contributed by atoms with Gasteiger partial charge in [-0.3, -0.25) is 0 Å². The topological polar surface area (TPSA) is 85.2 Å². The van der Waals surface area contributed by atoms with Crippen LogP contribution in [0.4, 0.5) is 16.4 Å². The van der Waals surface area contributed by atoms with Crippen LogP contribution in [-0.4, -0.2) is 16.2 Å². The number of nitrogens with zero attached hydrogens (tertiary/aromatic N) is 3. The third-order valence-electron chi connectivity index (χ3n) is 2.62. The second-order valence-electron chi connectivity index (χ2n) is 5.29. The number of primary amides is 1. The summed E-state index contributed by atoms with van der Waals surface area (Å²) in [7, 11) is 0. The van der Waals surface area contributed by atoms with Crippen molar-refractivity contribution in [1.29, 1.82) is 0 Å². The van der Waals surface area contributed by atoms with Crippen LogP contribution < -0.4 is 10.6 Å². The molecule has 0 saturated carbocycles. The molecule has 2 aromatic heterocycles. The first-order valence-electron chi connectivity index (χ1n) is 5.98. The smallest absolute Gasteiger partial charge is 0.326 e.